The number of hydrogen-bond donors (Lipinski definition) is 1. The molecular weight excluding hydrogens is 288 g/mol. The van der Waals surface area contributed by atoms with Gasteiger partial charge in [0.15, 0.2) is 5.96 Å². The van der Waals surface area contributed by atoms with E-state index in [0.29, 0.717) is 6.04 Å². The molecule has 2 unspecified atom stereocenters. The minimum Gasteiger partial charge on any atom is -0.468 e. The molecule has 0 amide bonds. The molecule has 2 fully saturated rings. The molecule has 2 saturated heterocycles. The molecule has 2 aliphatic rings. The minimum absolute atomic E-state index is 0.298. The number of nitrogens with one attached hydrogen (secondary N) is 1. The summed E-state index contributed by atoms with van der Waals surface area (Å²) in [5.41, 5.74) is 0. The van der Waals surface area contributed by atoms with Crippen molar-refractivity contribution in [2.45, 2.75) is 38.6 Å². The van der Waals surface area contributed by atoms with Crippen LogP contribution in [0.2, 0.25) is 0 Å². The molecule has 1 N–H and O–H groups in total. The maximum absolute atomic E-state index is 5.70. The number of rotatable bonds is 4. The van der Waals surface area contributed by atoms with Crippen LogP contribution in [0.4, 0.5) is 0 Å². The summed E-state index contributed by atoms with van der Waals surface area (Å²) in [5, 5.41) is 3.60. The van der Waals surface area contributed by atoms with E-state index in [1.54, 1.807) is 6.26 Å². The second kappa shape index (κ2) is 7.86. The molecule has 128 valence electrons. The quantitative estimate of drug-likeness (QED) is 0.685. The second-order valence-corrected chi connectivity index (χ2v) is 6.90. The molecule has 5 nitrogen and oxygen atoms in total. The molecule has 0 bridgehead atoms. The Morgan fingerprint density at radius 3 is 2.83 bits per heavy atom. The summed E-state index contributed by atoms with van der Waals surface area (Å²) in [5.74, 6) is 2.84. The third kappa shape index (κ3) is 4.08. The van der Waals surface area contributed by atoms with Crippen molar-refractivity contribution in [3.05, 3.63) is 24.2 Å². The van der Waals surface area contributed by atoms with Gasteiger partial charge in [-0.05, 0) is 56.8 Å². The van der Waals surface area contributed by atoms with Gasteiger partial charge >= 0.3 is 0 Å². The van der Waals surface area contributed by atoms with Crippen LogP contribution in [0.1, 0.15) is 44.4 Å². The van der Waals surface area contributed by atoms with E-state index in [4.69, 9.17) is 4.42 Å². The normalized spacial score (nSPS) is 24.9. The number of guanidine groups is 1. The fraction of sp³-hybridized carbons (Fsp3) is 0.722. The molecule has 1 aromatic heterocycles. The molecule has 0 saturated carbocycles. The van der Waals surface area contributed by atoms with Crippen LogP contribution in [-0.2, 0) is 0 Å². The molecule has 3 heterocycles. The summed E-state index contributed by atoms with van der Waals surface area (Å²) >= 11 is 0. The van der Waals surface area contributed by atoms with Gasteiger partial charge in [0.25, 0.3) is 0 Å². The van der Waals surface area contributed by atoms with E-state index >= 15 is 0 Å². The summed E-state index contributed by atoms with van der Waals surface area (Å²) in [7, 11) is 1.89. The smallest absolute Gasteiger partial charge is 0.193 e. The zero-order chi connectivity index (χ0) is 16.1. The Bertz CT molecular complexity index is 493. The zero-order valence-corrected chi connectivity index (χ0v) is 14.5. The van der Waals surface area contributed by atoms with Crippen molar-refractivity contribution in [2.24, 2.45) is 10.9 Å². The number of furan rings is 1. The van der Waals surface area contributed by atoms with E-state index in [2.05, 4.69) is 33.1 Å². The Kier molecular flexibility index (Phi) is 5.60. The topological polar surface area (TPSA) is 44.0 Å². The predicted octanol–water partition coefficient (Wildman–Crippen LogP) is 2.72. The second-order valence-electron chi connectivity index (χ2n) is 6.90. The van der Waals surface area contributed by atoms with Gasteiger partial charge in [0.05, 0.1) is 12.3 Å². The van der Waals surface area contributed by atoms with Crippen LogP contribution in [0.15, 0.2) is 27.8 Å². The van der Waals surface area contributed by atoms with Gasteiger partial charge in [0.1, 0.15) is 5.76 Å². The van der Waals surface area contributed by atoms with E-state index in [0.717, 1.165) is 50.4 Å². The standard InChI is InChI=1S/C18H30N4O/c1-15-7-5-11-22(14-15)18(19-2)20-13-16(17-8-6-12-23-17)21-9-3-4-10-21/h6,8,12,15-16H,3-5,7,9-11,13-14H2,1-2H3,(H,19,20). The van der Waals surface area contributed by atoms with Crippen molar-refractivity contribution >= 4 is 5.96 Å². The Morgan fingerprint density at radius 1 is 1.35 bits per heavy atom. The van der Waals surface area contributed by atoms with Crippen molar-refractivity contribution < 1.29 is 4.42 Å². The number of likely N-dealkylation sites (tertiary alicyclic amines) is 2. The van der Waals surface area contributed by atoms with E-state index in [9.17, 15) is 0 Å². The summed E-state index contributed by atoms with van der Waals surface area (Å²) < 4.78 is 5.70. The van der Waals surface area contributed by atoms with Crippen LogP contribution in [0.5, 0.6) is 0 Å². The van der Waals surface area contributed by atoms with Gasteiger partial charge < -0.3 is 14.6 Å². The summed E-state index contributed by atoms with van der Waals surface area (Å²) in [6.07, 6.45) is 6.94. The van der Waals surface area contributed by atoms with Crippen molar-refractivity contribution in [2.75, 3.05) is 39.8 Å². The molecule has 0 radical (unpaired) electrons. The zero-order valence-electron chi connectivity index (χ0n) is 14.5. The van der Waals surface area contributed by atoms with Gasteiger partial charge in [-0.15, -0.1) is 0 Å². The SMILES string of the molecule is CN=C(NCC(c1ccco1)N1CCCC1)N1CCCC(C)C1. The van der Waals surface area contributed by atoms with Gasteiger partial charge in [-0.3, -0.25) is 9.89 Å². The first-order valence-corrected chi connectivity index (χ1v) is 9.01. The van der Waals surface area contributed by atoms with E-state index in [1.165, 1.54) is 25.7 Å². The summed E-state index contributed by atoms with van der Waals surface area (Å²) in [4.78, 5) is 9.43. The molecule has 5 heteroatoms. The molecule has 3 rings (SSSR count). The minimum atomic E-state index is 0.298. The van der Waals surface area contributed by atoms with Gasteiger partial charge in [0, 0.05) is 26.7 Å². The first-order valence-electron chi connectivity index (χ1n) is 9.01. The maximum Gasteiger partial charge on any atom is 0.193 e. The average molecular weight is 318 g/mol. The average Bonchev–Trinajstić information content (AvgIpc) is 3.25. The third-order valence-corrected chi connectivity index (χ3v) is 5.07. The highest BCUT2D eigenvalue weighted by Gasteiger charge is 2.27. The predicted molar refractivity (Wildman–Crippen MR) is 93.6 cm³/mol. The lowest BCUT2D eigenvalue weighted by Crippen LogP contribution is -2.48. The first kappa shape index (κ1) is 16.4. The lowest BCUT2D eigenvalue weighted by Gasteiger charge is -2.35. The Labute approximate surface area is 139 Å². The third-order valence-electron chi connectivity index (χ3n) is 5.07. The molecule has 2 atom stereocenters. The molecule has 23 heavy (non-hydrogen) atoms. The van der Waals surface area contributed by atoms with Crippen LogP contribution < -0.4 is 5.32 Å². The van der Waals surface area contributed by atoms with Crippen LogP contribution in [0, 0.1) is 5.92 Å². The van der Waals surface area contributed by atoms with Crippen molar-refractivity contribution in [3.63, 3.8) is 0 Å². The summed E-state index contributed by atoms with van der Waals surface area (Å²) in [6.45, 7) is 7.72. The van der Waals surface area contributed by atoms with Crippen LogP contribution in [0.3, 0.4) is 0 Å². The van der Waals surface area contributed by atoms with Crippen LogP contribution in [-0.4, -0.2) is 55.5 Å². The highest BCUT2D eigenvalue weighted by atomic mass is 16.3. The van der Waals surface area contributed by atoms with Gasteiger partial charge in [-0.1, -0.05) is 6.92 Å². The van der Waals surface area contributed by atoms with Gasteiger partial charge in [0.2, 0.25) is 0 Å². The lowest BCUT2D eigenvalue weighted by molar-refractivity contribution is 0.211. The van der Waals surface area contributed by atoms with Crippen molar-refractivity contribution in [3.8, 4) is 0 Å². The number of piperidine rings is 1. The molecule has 0 spiro atoms. The summed E-state index contributed by atoms with van der Waals surface area (Å²) in [6, 6.07) is 4.38. The molecular formula is C18H30N4O. The largest absolute Gasteiger partial charge is 0.468 e. The van der Waals surface area contributed by atoms with Crippen LogP contribution in [0.25, 0.3) is 0 Å². The van der Waals surface area contributed by atoms with E-state index in [-0.39, 0.29) is 0 Å². The van der Waals surface area contributed by atoms with E-state index < -0.39 is 0 Å². The number of aliphatic imine (C=N–C) groups is 1. The lowest BCUT2D eigenvalue weighted by atomic mass is 10.0. The highest BCUT2D eigenvalue weighted by molar-refractivity contribution is 5.80. The number of hydrogen-bond acceptors (Lipinski definition) is 3. The first-order chi connectivity index (χ1) is 11.3. The Hall–Kier alpha value is -1.49. The number of nitrogens with zero attached hydrogens (tertiary/aromatic N) is 3. The van der Waals surface area contributed by atoms with Crippen molar-refractivity contribution in [1.29, 1.82) is 0 Å². The molecule has 2 aliphatic heterocycles. The van der Waals surface area contributed by atoms with Crippen LogP contribution >= 0.6 is 0 Å². The Balaban J connectivity index is 1.63. The fourth-order valence-corrected chi connectivity index (χ4v) is 3.85. The van der Waals surface area contributed by atoms with E-state index in [1.807, 2.05) is 13.1 Å². The molecule has 0 aliphatic carbocycles. The molecule has 1 aromatic rings. The Morgan fingerprint density at radius 2 is 2.17 bits per heavy atom. The van der Waals surface area contributed by atoms with Gasteiger partial charge in [-0.2, -0.15) is 0 Å². The highest BCUT2D eigenvalue weighted by Crippen LogP contribution is 2.25. The fourth-order valence-electron chi connectivity index (χ4n) is 3.85. The van der Waals surface area contributed by atoms with Gasteiger partial charge in [-0.25, -0.2) is 0 Å². The maximum atomic E-state index is 5.70. The van der Waals surface area contributed by atoms with Crippen molar-refractivity contribution in [1.82, 2.24) is 15.1 Å². The monoisotopic (exact) mass is 318 g/mol. The molecule has 0 aromatic carbocycles.